The number of nitrogens with one attached hydrogen (secondary N) is 1. The molecule has 5 rings (SSSR count). The molecule has 0 aliphatic heterocycles. The number of fused-ring (bicyclic) bond motifs is 2. The molecule has 0 saturated carbocycles. The zero-order chi connectivity index (χ0) is 30.0. The van der Waals surface area contributed by atoms with E-state index in [1.165, 1.54) is 0 Å². The molecule has 0 bridgehead atoms. The predicted molar refractivity (Wildman–Crippen MR) is 171 cm³/mol. The highest BCUT2D eigenvalue weighted by Gasteiger charge is 2.24. The van der Waals surface area contributed by atoms with Crippen molar-refractivity contribution in [2.45, 2.75) is 26.3 Å². The predicted octanol–water partition coefficient (Wildman–Crippen LogP) is 6.47. The number of ether oxygens (including phenoxy) is 2. The second kappa shape index (κ2) is 14.5. The van der Waals surface area contributed by atoms with Crippen LogP contribution in [0.4, 0.5) is 0 Å². The Labute approximate surface area is 253 Å². The Bertz CT molecular complexity index is 1660. The van der Waals surface area contributed by atoms with Gasteiger partial charge in [-0.25, -0.2) is 0 Å². The lowest BCUT2D eigenvalue weighted by Crippen LogP contribution is -2.44. The van der Waals surface area contributed by atoms with E-state index >= 15 is 0 Å². The minimum atomic E-state index is -0.154. The lowest BCUT2D eigenvalue weighted by Gasteiger charge is -2.28. The molecule has 5 aromatic rings. The van der Waals surface area contributed by atoms with Gasteiger partial charge in [0.05, 0.1) is 6.61 Å². The zero-order valence-corrected chi connectivity index (χ0v) is 24.9. The number of methoxy groups -OCH3 is 1. The van der Waals surface area contributed by atoms with Crippen molar-refractivity contribution in [2.24, 2.45) is 0 Å². The van der Waals surface area contributed by atoms with Crippen molar-refractivity contribution in [3.05, 3.63) is 114 Å². The number of para-hydroxylation sites is 1. The smallest absolute Gasteiger partial charge is 0.254 e. The molecular weight excluding hydrogens is 538 g/mol. The summed E-state index contributed by atoms with van der Waals surface area (Å²) in [6, 6.07) is 29.6. The Balaban J connectivity index is 1.39. The molecule has 0 fully saturated rings. The van der Waals surface area contributed by atoms with Gasteiger partial charge in [0.15, 0.2) is 0 Å². The topological polar surface area (TPSA) is 74.9 Å². The highest BCUT2D eigenvalue weighted by molar-refractivity contribution is 6.07. The molecule has 222 valence electrons. The van der Waals surface area contributed by atoms with E-state index in [1.54, 1.807) is 12.0 Å². The van der Waals surface area contributed by atoms with Gasteiger partial charge in [-0.2, -0.15) is 0 Å². The second-order valence-electron chi connectivity index (χ2n) is 10.6. The number of benzene rings is 4. The van der Waals surface area contributed by atoms with Gasteiger partial charge in [-0.3, -0.25) is 9.59 Å². The third kappa shape index (κ3) is 7.43. The van der Waals surface area contributed by atoms with Crippen molar-refractivity contribution in [3.63, 3.8) is 0 Å². The third-order valence-electron chi connectivity index (χ3n) is 7.70. The molecule has 0 unspecified atom stereocenters. The van der Waals surface area contributed by atoms with Crippen LogP contribution in [0.1, 0.15) is 34.8 Å². The van der Waals surface area contributed by atoms with Gasteiger partial charge in [-0.15, -0.1) is 0 Å². The quantitative estimate of drug-likeness (QED) is 0.154. The largest absolute Gasteiger partial charge is 0.494 e. The number of amides is 2. The molecule has 1 aromatic heterocycles. The van der Waals surface area contributed by atoms with Crippen LogP contribution in [0.5, 0.6) is 5.75 Å². The Hall–Kier alpha value is -4.62. The maximum Gasteiger partial charge on any atom is 0.254 e. The number of nitrogens with zero attached hydrogens (tertiary/aromatic N) is 2. The molecule has 2 amide bonds. The number of H-pyrrole nitrogens is 1. The molecule has 0 spiro atoms. The van der Waals surface area contributed by atoms with Crippen LogP contribution in [-0.2, 0) is 22.5 Å². The average molecular weight is 578 g/mol. The van der Waals surface area contributed by atoms with E-state index in [2.05, 4.69) is 17.1 Å². The Morgan fingerprint density at radius 2 is 1.56 bits per heavy atom. The molecule has 43 heavy (non-hydrogen) atoms. The van der Waals surface area contributed by atoms with Crippen LogP contribution in [0.3, 0.4) is 0 Å². The molecule has 4 aromatic carbocycles. The first-order valence-corrected chi connectivity index (χ1v) is 14.9. The van der Waals surface area contributed by atoms with Crippen molar-refractivity contribution >= 4 is 33.5 Å². The number of hydrogen-bond acceptors (Lipinski definition) is 4. The van der Waals surface area contributed by atoms with Gasteiger partial charge < -0.3 is 24.3 Å². The highest BCUT2D eigenvalue weighted by Crippen LogP contribution is 2.22. The molecular formula is C36H39N3O4. The maximum absolute atomic E-state index is 14.1. The summed E-state index contributed by atoms with van der Waals surface area (Å²) >= 11 is 0. The fraction of sp³-hybridized carbons (Fsp3) is 0.278. The summed E-state index contributed by atoms with van der Waals surface area (Å²) < 4.78 is 10.9. The third-order valence-corrected chi connectivity index (χ3v) is 7.70. The van der Waals surface area contributed by atoms with Gasteiger partial charge in [0.25, 0.3) is 5.91 Å². The molecule has 7 nitrogen and oxygen atoms in total. The minimum absolute atomic E-state index is 0.0172. The van der Waals surface area contributed by atoms with Crippen molar-refractivity contribution in [3.8, 4) is 5.75 Å². The van der Waals surface area contributed by atoms with Crippen LogP contribution < -0.4 is 4.74 Å². The van der Waals surface area contributed by atoms with Gasteiger partial charge in [0.1, 0.15) is 12.3 Å². The first kappa shape index (κ1) is 29.9. The van der Waals surface area contributed by atoms with E-state index in [1.807, 2.05) is 96.9 Å². The first-order valence-electron chi connectivity index (χ1n) is 14.9. The van der Waals surface area contributed by atoms with Crippen LogP contribution in [0.15, 0.2) is 97.2 Å². The Morgan fingerprint density at radius 3 is 2.35 bits per heavy atom. The second-order valence-corrected chi connectivity index (χ2v) is 10.6. The molecule has 0 aliphatic carbocycles. The van der Waals surface area contributed by atoms with Crippen LogP contribution in [-0.4, -0.2) is 66.6 Å². The average Bonchev–Trinajstić information content (AvgIpc) is 3.46. The molecule has 0 radical (unpaired) electrons. The zero-order valence-electron chi connectivity index (χ0n) is 24.9. The minimum Gasteiger partial charge on any atom is -0.494 e. The van der Waals surface area contributed by atoms with Crippen molar-refractivity contribution in [1.29, 1.82) is 0 Å². The van der Waals surface area contributed by atoms with Crippen molar-refractivity contribution in [2.75, 3.05) is 40.0 Å². The van der Waals surface area contributed by atoms with Gasteiger partial charge in [0.2, 0.25) is 5.91 Å². The van der Waals surface area contributed by atoms with E-state index in [-0.39, 0.29) is 18.4 Å². The first-order chi connectivity index (χ1) is 21.1. The fourth-order valence-corrected chi connectivity index (χ4v) is 5.46. The van der Waals surface area contributed by atoms with E-state index < -0.39 is 0 Å². The number of carbonyl (C=O) groups is 2. The summed E-state index contributed by atoms with van der Waals surface area (Å²) in [7, 11) is 1.64. The number of aromatic nitrogens is 1. The molecule has 1 heterocycles. The molecule has 7 heteroatoms. The highest BCUT2D eigenvalue weighted by atomic mass is 16.5. The summed E-state index contributed by atoms with van der Waals surface area (Å²) in [5.74, 6) is 0.548. The number of carbonyl (C=O) groups excluding carboxylic acids is 2. The Kier molecular flexibility index (Phi) is 10.1. The van der Waals surface area contributed by atoms with E-state index in [4.69, 9.17) is 9.47 Å². The van der Waals surface area contributed by atoms with Crippen molar-refractivity contribution < 1.29 is 19.1 Å². The SMILES string of the molecule is CCOc1ccc(CN(CCc2c[nH]c3ccccc23)C(=O)CN(CCCOC)C(=O)c2cccc3ccccc23)cc1. The summed E-state index contributed by atoms with van der Waals surface area (Å²) in [5.41, 5.74) is 3.83. The molecule has 1 N–H and O–H groups in total. The van der Waals surface area contributed by atoms with Crippen LogP contribution in [0, 0.1) is 0 Å². The van der Waals surface area contributed by atoms with E-state index in [0.29, 0.717) is 51.3 Å². The fourth-order valence-electron chi connectivity index (χ4n) is 5.46. The number of rotatable bonds is 14. The molecule has 0 saturated heterocycles. The van der Waals surface area contributed by atoms with Gasteiger partial charge in [-0.1, -0.05) is 66.7 Å². The normalized spacial score (nSPS) is 11.1. The van der Waals surface area contributed by atoms with Crippen LogP contribution >= 0.6 is 0 Å². The van der Waals surface area contributed by atoms with Gasteiger partial charge >= 0.3 is 0 Å². The monoisotopic (exact) mass is 577 g/mol. The molecule has 0 atom stereocenters. The van der Waals surface area contributed by atoms with E-state index in [0.717, 1.165) is 38.6 Å². The Morgan fingerprint density at radius 1 is 0.814 bits per heavy atom. The van der Waals surface area contributed by atoms with Gasteiger partial charge in [0, 0.05) is 56.0 Å². The summed E-state index contributed by atoms with van der Waals surface area (Å²) in [6.45, 7) is 4.40. The summed E-state index contributed by atoms with van der Waals surface area (Å²) in [4.78, 5) is 34.9. The number of aromatic amines is 1. The standard InChI is InChI=1S/C36H39N3O4/c1-3-43-30-18-16-27(17-19-30)25-38(22-20-29-24-37-34-15-7-6-13-32(29)34)35(40)26-39(21-9-23-42-2)36(41)33-14-8-11-28-10-4-5-12-31(28)33/h4-8,10-19,24,37H,3,9,20-23,25-26H2,1-2H3. The maximum atomic E-state index is 14.1. The summed E-state index contributed by atoms with van der Waals surface area (Å²) in [6.07, 6.45) is 3.34. The lowest BCUT2D eigenvalue weighted by atomic mass is 10.0. The van der Waals surface area contributed by atoms with Crippen LogP contribution in [0.25, 0.3) is 21.7 Å². The van der Waals surface area contributed by atoms with Gasteiger partial charge in [-0.05, 0) is 65.9 Å². The molecule has 0 aliphatic rings. The van der Waals surface area contributed by atoms with Crippen molar-refractivity contribution in [1.82, 2.24) is 14.8 Å². The number of hydrogen-bond donors (Lipinski definition) is 1. The van der Waals surface area contributed by atoms with E-state index in [9.17, 15) is 9.59 Å². The summed E-state index contributed by atoms with van der Waals surface area (Å²) in [5, 5.41) is 3.03. The lowest BCUT2D eigenvalue weighted by molar-refractivity contribution is -0.132. The van der Waals surface area contributed by atoms with Crippen LogP contribution in [0.2, 0.25) is 0 Å².